The predicted octanol–water partition coefficient (Wildman–Crippen LogP) is 1.34. The molecule has 0 spiro atoms. The molecule has 28 heavy (non-hydrogen) atoms. The van der Waals surface area contributed by atoms with Gasteiger partial charge in [0.2, 0.25) is 11.8 Å². The van der Waals surface area contributed by atoms with Crippen molar-refractivity contribution < 1.29 is 27.5 Å². The monoisotopic (exact) mass is 407 g/mol. The van der Waals surface area contributed by atoms with Gasteiger partial charge in [0.05, 0.1) is 24.8 Å². The molecule has 0 radical (unpaired) electrons. The molecular formula is C18H21N3O6S. The number of benzene rings is 2. The number of carbonyl (C=O) groups is 2. The molecule has 0 atom stereocenters. The molecule has 0 saturated heterocycles. The van der Waals surface area contributed by atoms with Gasteiger partial charge in [-0.05, 0) is 36.4 Å². The van der Waals surface area contributed by atoms with Crippen LogP contribution < -0.4 is 24.8 Å². The van der Waals surface area contributed by atoms with Crippen molar-refractivity contribution in [3.8, 4) is 11.5 Å². The van der Waals surface area contributed by atoms with Crippen LogP contribution in [0.4, 0.5) is 11.4 Å². The summed E-state index contributed by atoms with van der Waals surface area (Å²) in [6.45, 7) is 0.758. The number of sulfonamides is 1. The van der Waals surface area contributed by atoms with Gasteiger partial charge in [-0.3, -0.25) is 13.9 Å². The van der Waals surface area contributed by atoms with Gasteiger partial charge in [0.1, 0.15) is 18.0 Å². The largest absolute Gasteiger partial charge is 0.497 e. The third kappa shape index (κ3) is 4.71. The van der Waals surface area contributed by atoms with Gasteiger partial charge in [-0.1, -0.05) is 0 Å². The molecule has 0 fully saturated rings. The first-order valence-electron chi connectivity index (χ1n) is 8.09. The van der Waals surface area contributed by atoms with E-state index < -0.39 is 22.5 Å². The number of hydrogen-bond donors (Lipinski definition) is 2. The number of methoxy groups -OCH3 is 2. The number of anilines is 2. The number of nitrogens with one attached hydrogen (secondary N) is 1. The lowest BCUT2D eigenvalue weighted by atomic mass is 10.2. The Morgan fingerprint density at radius 1 is 1.07 bits per heavy atom. The van der Waals surface area contributed by atoms with Crippen LogP contribution in [0, 0.1) is 0 Å². The molecule has 2 aromatic rings. The number of carbonyl (C=O) groups excluding carboxylic acids is 2. The zero-order valence-corrected chi connectivity index (χ0v) is 16.4. The fourth-order valence-corrected chi connectivity index (χ4v) is 3.91. The quantitative estimate of drug-likeness (QED) is 0.680. The van der Waals surface area contributed by atoms with E-state index in [0.717, 1.165) is 4.31 Å². The summed E-state index contributed by atoms with van der Waals surface area (Å²) in [4.78, 5) is 22.6. The molecule has 2 aromatic carbocycles. The van der Waals surface area contributed by atoms with E-state index in [2.05, 4.69) is 5.32 Å². The van der Waals surface area contributed by atoms with E-state index in [1.54, 1.807) is 6.07 Å². The molecule has 0 aliphatic rings. The fourth-order valence-electron chi connectivity index (χ4n) is 2.47. The summed E-state index contributed by atoms with van der Waals surface area (Å²) >= 11 is 0. The van der Waals surface area contributed by atoms with Gasteiger partial charge < -0.3 is 20.5 Å². The highest BCUT2D eigenvalue weighted by atomic mass is 32.2. The van der Waals surface area contributed by atoms with Gasteiger partial charge in [-0.2, -0.15) is 0 Å². The van der Waals surface area contributed by atoms with Crippen molar-refractivity contribution >= 4 is 33.2 Å². The van der Waals surface area contributed by atoms with E-state index in [1.807, 2.05) is 0 Å². The summed E-state index contributed by atoms with van der Waals surface area (Å²) in [6, 6.07) is 10.0. The molecule has 0 aliphatic heterocycles. The summed E-state index contributed by atoms with van der Waals surface area (Å²) in [5, 5.41) is 2.55. The summed E-state index contributed by atoms with van der Waals surface area (Å²) < 4.78 is 37.6. The van der Waals surface area contributed by atoms with Gasteiger partial charge in [-0.15, -0.1) is 0 Å². The topological polar surface area (TPSA) is 128 Å². The first-order chi connectivity index (χ1) is 13.2. The standard InChI is InChI=1S/C18H21N3O6S/c1-12(22)20-13-4-7-15(8-5-13)28(24,25)21(11-18(19)23)16-9-6-14(26-2)10-17(16)27-3/h4-10H,11H2,1-3H3,(H2,19,23)(H,20,22). The SMILES string of the molecule is COc1ccc(N(CC(N)=O)S(=O)(=O)c2ccc(NC(C)=O)cc2)c(OC)c1. The van der Waals surface area contributed by atoms with E-state index in [1.165, 1.54) is 57.5 Å². The minimum Gasteiger partial charge on any atom is -0.497 e. The molecule has 0 unspecified atom stereocenters. The Morgan fingerprint density at radius 3 is 2.21 bits per heavy atom. The van der Waals surface area contributed by atoms with Gasteiger partial charge in [0.25, 0.3) is 10.0 Å². The lowest BCUT2D eigenvalue weighted by molar-refractivity contribution is -0.116. The second-order valence-electron chi connectivity index (χ2n) is 5.72. The zero-order valence-electron chi connectivity index (χ0n) is 15.6. The van der Waals surface area contributed by atoms with Crippen molar-refractivity contribution in [1.29, 1.82) is 0 Å². The molecule has 0 saturated carbocycles. The lowest BCUT2D eigenvalue weighted by Gasteiger charge is -2.25. The van der Waals surface area contributed by atoms with Crippen LogP contribution in [0.25, 0.3) is 0 Å². The van der Waals surface area contributed by atoms with Gasteiger partial charge in [0.15, 0.2) is 0 Å². The maximum atomic E-state index is 13.2. The van der Waals surface area contributed by atoms with Crippen molar-refractivity contribution in [2.45, 2.75) is 11.8 Å². The Labute approximate surface area is 163 Å². The molecule has 150 valence electrons. The van der Waals surface area contributed by atoms with Crippen LogP contribution in [-0.4, -0.2) is 41.0 Å². The van der Waals surface area contributed by atoms with E-state index in [0.29, 0.717) is 11.4 Å². The highest BCUT2D eigenvalue weighted by Crippen LogP contribution is 2.35. The van der Waals surface area contributed by atoms with Crippen molar-refractivity contribution in [3.05, 3.63) is 42.5 Å². The maximum absolute atomic E-state index is 13.2. The summed E-state index contributed by atoms with van der Waals surface area (Å²) in [5.41, 5.74) is 5.85. The van der Waals surface area contributed by atoms with Crippen LogP contribution in [0.1, 0.15) is 6.92 Å². The Morgan fingerprint density at radius 2 is 1.71 bits per heavy atom. The number of nitrogens with two attached hydrogens (primary N) is 1. The third-order valence-corrected chi connectivity index (χ3v) is 5.49. The molecule has 0 heterocycles. The van der Waals surface area contributed by atoms with Crippen molar-refractivity contribution in [2.24, 2.45) is 5.73 Å². The van der Waals surface area contributed by atoms with E-state index in [4.69, 9.17) is 15.2 Å². The summed E-state index contributed by atoms with van der Waals surface area (Å²) in [6.07, 6.45) is 0. The van der Waals surface area contributed by atoms with Crippen molar-refractivity contribution in [2.75, 3.05) is 30.4 Å². The Hall–Kier alpha value is -3.27. The van der Waals surface area contributed by atoms with E-state index in [9.17, 15) is 18.0 Å². The van der Waals surface area contributed by atoms with Gasteiger partial charge in [-0.25, -0.2) is 8.42 Å². The molecular weight excluding hydrogens is 386 g/mol. The van der Waals surface area contributed by atoms with Crippen LogP contribution in [0.2, 0.25) is 0 Å². The minimum absolute atomic E-state index is 0.0827. The van der Waals surface area contributed by atoms with E-state index >= 15 is 0 Å². The zero-order chi connectivity index (χ0) is 20.9. The highest BCUT2D eigenvalue weighted by Gasteiger charge is 2.29. The fraction of sp³-hybridized carbons (Fsp3) is 0.222. The van der Waals surface area contributed by atoms with Gasteiger partial charge >= 0.3 is 0 Å². The smallest absolute Gasteiger partial charge is 0.264 e. The molecule has 0 aliphatic carbocycles. The molecule has 3 N–H and O–H groups in total. The average molecular weight is 407 g/mol. The van der Waals surface area contributed by atoms with Crippen LogP contribution in [0.5, 0.6) is 11.5 Å². The number of primary amides is 1. The summed E-state index contributed by atoms with van der Waals surface area (Å²) in [7, 11) is -1.32. The summed E-state index contributed by atoms with van der Waals surface area (Å²) in [5.74, 6) is -0.471. The average Bonchev–Trinajstić information content (AvgIpc) is 2.65. The first kappa shape index (κ1) is 21.0. The molecule has 0 aromatic heterocycles. The Bertz CT molecular complexity index is 973. The highest BCUT2D eigenvalue weighted by molar-refractivity contribution is 7.92. The Balaban J connectivity index is 2.52. The molecule has 2 rings (SSSR count). The van der Waals surface area contributed by atoms with Crippen LogP contribution in [0.3, 0.4) is 0 Å². The van der Waals surface area contributed by atoms with Crippen LogP contribution in [-0.2, 0) is 19.6 Å². The lowest BCUT2D eigenvalue weighted by Crippen LogP contribution is -2.38. The normalized spacial score (nSPS) is 10.8. The maximum Gasteiger partial charge on any atom is 0.264 e. The number of amides is 2. The van der Waals surface area contributed by atoms with Crippen molar-refractivity contribution in [1.82, 2.24) is 0 Å². The van der Waals surface area contributed by atoms with E-state index in [-0.39, 0.29) is 22.2 Å². The van der Waals surface area contributed by atoms with Gasteiger partial charge in [0, 0.05) is 18.7 Å². The number of rotatable bonds is 8. The number of hydrogen-bond acceptors (Lipinski definition) is 6. The second kappa shape index (κ2) is 8.61. The second-order valence-corrected chi connectivity index (χ2v) is 7.58. The minimum atomic E-state index is -4.15. The Kier molecular flexibility index (Phi) is 6.47. The first-order valence-corrected chi connectivity index (χ1v) is 9.53. The van der Waals surface area contributed by atoms with Crippen LogP contribution >= 0.6 is 0 Å². The number of ether oxygens (including phenoxy) is 2. The van der Waals surface area contributed by atoms with Crippen LogP contribution in [0.15, 0.2) is 47.4 Å². The van der Waals surface area contributed by atoms with Crippen molar-refractivity contribution in [3.63, 3.8) is 0 Å². The molecule has 10 heteroatoms. The molecule has 2 amide bonds. The molecule has 9 nitrogen and oxygen atoms in total. The predicted molar refractivity (Wildman–Crippen MR) is 104 cm³/mol. The molecule has 0 bridgehead atoms. The number of nitrogens with zero attached hydrogens (tertiary/aromatic N) is 1. The third-order valence-electron chi connectivity index (χ3n) is 3.72.